The topological polar surface area (TPSA) is 43.8 Å². The van der Waals surface area contributed by atoms with Crippen LogP contribution in [0.5, 0.6) is 0 Å². The second-order valence-corrected chi connectivity index (χ2v) is 4.93. The number of aromatic nitrogens is 2. The second-order valence-electron chi connectivity index (χ2n) is 4.49. The standard InChI is InChI=1S/C15H14ClN3/c16-12-6-7-13-14(10-12)19(15(17)18-13)9-8-11-4-2-1-3-5-11/h1-7,10H,8-9H2,(H2,17,18). The molecular weight excluding hydrogens is 258 g/mol. The van der Waals surface area contributed by atoms with Crippen LogP contribution in [-0.2, 0) is 13.0 Å². The lowest BCUT2D eigenvalue weighted by Crippen LogP contribution is -2.05. The van der Waals surface area contributed by atoms with Gasteiger partial charge in [0, 0.05) is 11.6 Å². The fourth-order valence-corrected chi connectivity index (χ4v) is 2.40. The Morgan fingerprint density at radius 2 is 1.89 bits per heavy atom. The normalized spacial score (nSPS) is 11.0. The van der Waals surface area contributed by atoms with E-state index in [9.17, 15) is 0 Å². The highest BCUT2D eigenvalue weighted by Crippen LogP contribution is 2.22. The van der Waals surface area contributed by atoms with Crippen molar-refractivity contribution < 1.29 is 0 Å². The molecule has 0 fully saturated rings. The van der Waals surface area contributed by atoms with Crippen LogP contribution in [0, 0.1) is 0 Å². The average Bonchev–Trinajstić information content (AvgIpc) is 2.73. The Bertz CT molecular complexity index is 704. The van der Waals surface area contributed by atoms with Crippen molar-refractivity contribution in [3.05, 3.63) is 59.1 Å². The van der Waals surface area contributed by atoms with Crippen LogP contribution in [0.2, 0.25) is 5.02 Å². The SMILES string of the molecule is Nc1nc2ccc(Cl)cc2n1CCc1ccccc1. The van der Waals surface area contributed by atoms with Crippen molar-refractivity contribution in [3.8, 4) is 0 Å². The molecule has 0 saturated carbocycles. The van der Waals surface area contributed by atoms with Crippen LogP contribution in [0.3, 0.4) is 0 Å². The molecule has 0 unspecified atom stereocenters. The summed E-state index contributed by atoms with van der Waals surface area (Å²) < 4.78 is 2.01. The molecule has 96 valence electrons. The van der Waals surface area contributed by atoms with Crippen LogP contribution in [0.15, 0.2) is 48.5 Å². The highest BCUT2D eigenvalue weighted by molar-refractivity contribution is 6.31. The molecule has 0 atom stereocenters. The van der Waals surface area contributed by atoms with E-state index in [0.717, 1.165) is 24.0 Å². The van der Waals surface area contributed by atoms with Gasteiger partial charge in [0.05, 0.1) is 11.0 Å². The van der Waals surface area contributed by atoms with E-state index in [1.807, 2.05) is 41.0 Å². The highest BCUT2D eigenvalue weighted by Gasteiger charge is 2.08. The molecule has 1 aromatic heterocycles. The van der Waals surface area contributed by atoms with Gasteiger partial charge >= 0.3 is 0 Å². The Hall–Kier alpha value is -2.00. The summed E-state index contributed by atoms with van der Waals surface area (Å²) in [6.07, 6.45) is 0.920. The zero-order chi connectivity index (χ0) is 13.2. The quantitative estimate of drug-likeness (QED) is 0.792. The lowest BCUT2D eigenvalue weighted by Gasteiger charge is -2.06. The largest absolute Gasteiger partial charge is 0.369 e. The molecule has 2 aromatic carbocycles. The minimum atomic E-state index is 0.535. The minimum Gasteiger partial charge on any atom is -0.369 e. The molecule has 0 aliphatic rings. The van der Waals surface area contributed by atoms with E-state index >= 15 is 0 Å². The number of imidazole rings is 1. The Kier molecular flexibility index (Phi) is 3.13. The van der Waals surface area contributed by atoms with Gasteiger partial charge in [-0.05, 0) is 30.2 Å². The van der Waals surface area contributed by atoms with Crippen molar-refractivity contribution in [2.24, 2.45) is 0 Å². The summed E-state index contributed by atoms with van der Waals surface area (Å²) in [5.74, 6) is 0.535. The van der Waals surface area contributed by atoms with E-state index in [1.54, 1.807) is 0 Å². The maximum atomic E-state index is 6.04. The van der Waals surface area contributed by atoms with Gasteiger partial charge in [0.25, 0.3) is 0 Å². The van der Waals surface area contributed by atoms with Crippen LogP contribution < -0.4 is 5.73 Å². The lowest BCUT2D eigenvalue weighted by molar-refractivity contribution is 0.726. The predicted octanol–water partition coefficient (Wildman–Crippen LogP) is 3.51. The van der Waals surface area contributed by atoms with E-state index in [-0.39, 0.29) is 0 Å². The van der Waals surface area contributed by atoms with E-state index < -0.39 is 0 Å². The third-order valence-corrected chi connectivity index (χ3v) is 3.44. The van der Waals surface area contributed by atoms with Crippen molar-refractivity contribution in [1.82, 2.24) is 9.55 Å². The molecule has 3 nitrogen and oxygen atoms in total. The van der Waals surface area contributed by atoms with Crippen LogP contribution in [0.4, 0.5) is 5.95 Å². The number of anilines is 1. The summed E-state index contributed by atoms with van der Waals surface area (Å²) in [6, 6.07) is 16.0. The third-order valence-electron chi connectivity index (χ3n) is 3.21. The van der Waals surface area contributed by atoms with Crippen LogP contribution >= 0.6 is 11.6 Å². The summed E-state index contributed by atoms with van der Waals surface area (Å²) in [4.78, 5) is 4.35. The number of nitrogens with zero attached hydrogens (tertiary/aromatic N) is 2. The monoisotopic (exact) mass is 271 g/mol. The number of rotatable bonds is 3. The van der Waals surface area contributed by atoms with Crippen LogP contribution in [0.25, 0.3) is 11.0 Å². The number of benzene rings is 2. The van der Waals surface area contributed by atoms with Crippen LogP contribution in [0.1, 0.15) is 5.56 Å². The molecule has 3 aromatic rings. The van der Waals surface area contributed by atoms with E-state index in [1.165, 1.54) is 5.56 Å². The van der Waals surface area contributed by atoms with Crippen molar-refractivity contribution in [3.63, 3.8) is 0 Å². The van der Waals surface area contributed by atoms with Gasteiger partial charge in [0.1, 0.15) is 0 Å². The zero-order valence-electron chi connectivity index (χ0n) is 10.4. The molecule has 3 rings (SSSR count). The first-order valence-corrected chi connectivity index (χ1v) is 6.57. The summed E-state index contributed by atoms with van der Waals surface area (Å²) in [6.45, 7) is 0.798. The van der Waals surface area contributed by atoms with E-state index in [2.05, 4.69) is 17.1 Å². The number of fused-ring (bicyclic) bond motifs is 1. The van der Waals surface area contributed by atoms with Gasteiger partial charge < -0.3 is 10.3 Å². The number of nitrogen functional groups attached to an aromatic ring is 1. The Balaban J connectivity index is 1.92. The summed E-state index contributed by atoms with van der Waals surface area (Å²) in [5, 5.41) is 0.702. The number of halogens is 1. The first-order valence-electron chi connectivity index (χ1n) is 6.19. The number of nitrogens with two attached hydrogens (primary N) is 1. The third kappa shape index (κ3) is 2.42. The number of hydrogen-bond donors (Lipinski definition) is 1. The zero-order valence-corrected chi connectivity index (χ0v) is 11.1. The minimum absolute atomic E-state index is 0.535. The molecular formula is C15H14ClN3. The first-order chi connectivity index (χ1) is 9.24. The Morgan fingerprint density at radius 1 is 1.11 bits per heavy atom. The molecule has 0 saturated heterocycles. The second kappa shape index (κ2) is 4.94. The van der Waals surface area contributed by atoms with Gasteiger partial charge in [-0.25, -0.2) is 4.98 Å². The summed E-state index contributed by atoms with van der Waals surface area (Å²) in [5.41, 5.74) is 9.13. The van der Waals surface area contributed by atoms with E-state index in [0.29, 0.717) is 11.0 Å². The molecule has 19 heavy (non-hydrogen) atoms. The van der Waals surface area contributed by atoms with Gasteiger partial charge in [-0.3, -0.25) is 0 Å². The summed E-state index contributed by atoms with van der Waals surface area (Å²) >= 11 is 6.04. The Morgan fingerprint density at radius 3 is 2.68 bits per heavy atom. The fraction of sp³-hybridized carbons (Fsp3) is 0.133. The molecule has 0 spiro atoms. The van der Waals surface area contributed by atoms with Crippen molar-refractivity contribution in [2.45, 2.75) is 13.0 Å². The first kappa shape index (κ1) is 12.1. The smallest absolute Gasteiger partial charge is 0.201 e. The predicted molar refractivity (Wildman–Crippen MR) is 79.3 cm³/mol. The number of hydrogen-bond acceptors (Lipinski definition) is 2. The maximum Gasteiger partial charge on any atom is 0.201 e. The molecule has 1 heterocycles. The molecule has 0 aliphatic carbocycles. The van der Waals surface area contributed by atoms with Gasteiger partial charge in [-0.2, -0.15) is 0 Å². The van der Waals surface area contributed by atoms with Gasteiger partial charge in [-0.1, -0.05) is 41.9 Å². The van der Waals surface area contributed by atoms with Crippen molar-refractivity contribution in [2.75, 3.05) is 5.73 Å². The van der Waals surface area contributed by atoms with Crippen LogP contribution in [-0.4, -0.2) is 9.55 Å². The maximum absolute atomic E-state index is 6.04. The van der Waals surface area contributed by atoms with Crippen molar-refractivity contribution >= 4 is 28.6 Å². The molecule has 0 bridgehead atoms. The van der Waals surface area contributed by atoms with E-state index in [4.69, 9.17) is 17.3 Å². The Labute approximate surface area is 116 Å². The number of aryl methyl sites for hydroxylation is 2. The average molecular weight is 272 g/mol. The van der Waals surface area contributed by atoms with Gasteiger partial charge in [0.2, 0.25) is 5.95 Å². The van der Waals surface area contributed by atoms with Crippen molar-refractivity contribution in [1.29, 1.82) is 0 Å². The van der Waals surface area contributed by atoms with Gasteiger partial charge in [0.15, 0.2) is 0 Å². The highest BCUT2D eigenvalue weighted by atomic mass is 35.5. The molecule has 0 aliphatic heterocycles. The molecule has 2 N–H and O–H groups in total. The molecule has 0 amide bonds. The van der Waals surface area contributed by atoms with Gasteiger partial charge in [-0.15, -0.1) is 0 Å². The molecule has 4 heteroatoms. The lowest BCUT2D eigenvalue weighted by atomic mass is 10.1. The summed E-state index contributed by atoms with van der Waals surface area (Å²) in [7, 11) is 0. The fourth-order valence-electron chi connectivity index (χ4n) is 2.24. The molecule has 0 radical (unpaired) electrons.